The Kier molecular flexibility index (Phi) is 3.19. The molecule has 2 heterocycles. The topological polar surface area (TPSA) is 31.4 Å². The van der Waals surface area contributed by atoms with Gasteiger partial charge in [0.25, 0.3) is 0 Å². The maximum atomic E-state index is 6.15. The molecule has 4 rings (SSSR count). The summed E-state index contributed by atoms with van der Waals surface area (Å²) in [5.74, 6) is 0. The minimum Gasteiger partial charge on any atom is -0.399 e. The molecule has 1 aliphatic heterocycles. The molecule has 0 N–H and O–H groups in total. The van der Waals surface area contributed by atoms with Gasteiger partial charge in [0.05, 0.1) is 16.9 Å². The van der Waals surface area contributed by atoms with Gasteiger partial charge < -0.3 is 9.31 Å². The minimum absolute atomic E-state index is 0.319. The van der Waals surface area contributed by atoms with Gasteiger partial charge in [0.2, 0.25) is 0 Å². The lowest BCUT2D eigenvalue weighted by Gasteiger charge is -2.32. The average Bonchev–Trinajstić information content (AvgIpc) is 2.75. The SMILES string of the molecule is CC1(C)OB(c2cnc3c(c2)CCc2ccccc2-3)OC1(C)C. The third-order valence-corrected chi connectivity index (χ3v) is 5.45. The van der Waals surface area contributed by atoms with Crippen LogP contribution in [0.15, 0.2) is 36.5 Å². The standard InChI is InChI=1S/C19H22BNO2/c1-18(2)19(3,4)23-20(22-18)15-11-14-10-9-13-7-5-6-8-16(13)17(14)21-12-15/h5-8,11-12H,9-10H2,1-4H3. The van der Waals surface area contributed by atoms with E-state index in [0.717, 1.165) is 24.0 Å². The predicted octanol–water partition coefficient (Wildman–Crippen LogP) is 3.15. The number of pyridine rings is 1. The van der Waals surface area contributed by atoms with Crippen LogP contribution in [0.5, 0.6) is 0 Å². The Bertz CT molecular complexity index is 754. The largest absolute Gasteiger partial charge is 0.496 e. The first-order chi connectivity index (χ1) is 10.9. The highest BCUT2D eigenvalue weighted by atomic mass is 16.7. The van der Waals surface area contributed by atoms with Gasteiger partial charge in [-0.25, -0.2) is 0 Å². The second kappa shape index (κ2) is 4.92. The van der Waals surface area contributed by atoms with Gasteiger partial charge >= 0.3 is 7.12 Å². The van der Waals surface area contributed by atoms with E-state index in [-0.39, 0.29) is 18.3 Å². The highest BCUT2D eigenvalue weighted by molar-refractivity contribution is 6.62. The minimum atomic E-state index is -0.338. The maximum absolute atomic E-state index is 6.15. The molecule has 2 aliphatic rings. The molecule has 1 aliphatic carbocycles. The zero-order chi connectivity index (χ0) is 16.2. The van der Waals surface area contributed by atoms with Crippen molar-refractivity contribution in [3.8, 4) is 11.3 Å². The normalized spacial score (nSPS) is 21.0. The third kappa shape index (κ3) is 2.32. The molecule has 23 heavy (non-hydrogen) atoms. The third-order valence-electron chi connectivity index (χ3n) is 5.45. The number of fused-ring (bicyclic) bond motifs is 3. The summed E-state index contributed by atoms with van der Waals surface area (Å²) in [5.41, 5.74) is 5.41. The Morgan fingerprint density at radius 2 is 1.61 bits per heavy atom. The van der Waals surface area contributed by atoms with Crippen LogP contribution < -0.4 is 5.46 Å². The Morgan fingerprint density at radius 3 is 2.35 bits per heavy atom. The van der Waals surface area contributed by atoms with Crippen LogP contribution in [0.25, 0.3) is 11.3 Å². The monoisotopic (exact) mass is 307 g/mol. The number of aryl methyl sites for hydroxylation is 2. The molecule has 4 heteroatoms. The van der Waals surface area contributed by atoms with Crippen LogP contribution >= 0.6 is 0 Å². The van der Waals surface area contributed by atoms with Crippen LogP contribution in [0.1, 0.15) is 38.8 Å². The lowest BCUT2D eigenvalue weighted by Crippen LogP contribution is -2.41. The summed E-state index contributed by atoms with van der Waals surface area (Å²) >= 11 is 0. The van der Waals surface area contributed by atoms with Gasteiger partial charge in [0.1, 0.15) is 0 Å². The molecular formula is C19H22BNO2. The van der Waals surface area contributed by atoms with E-state index in [1.54, 1.807) is 0 Å². The van der Waals surface area contributed by atoms with Crippen molar-refractivity contribution in [3.63, 3.8) is 0 Å². The van der Waals surface area contributed by atoms with Gasteiger partial charge in [-0.05, 0) is 51.7 Å². The van der Waals surface area contributed by atoms with Gasteiger partial charge in [-0.15, -0.1) is 0 Å². The molecule has 0 saturated carbocycles. The molecular weight excluding hydrogens is 285 g/mol. The lowest BCUT2D eigenvalue weighted by atomic mass is 9.77. The summed E-state index contributed by atoms with van der Waals surface area (Å²) in [6, 6.07) is 10.7. The zero-order valence-corrected chi connectivity index (χ0v) is 14.2. The number of hydrogen-bond donors (Lipinski definition) is 0. The maximum Gasteiger partial charge on any atom is 0.496 e. The first-order valence-corrected chi connectivity index (χ1v) is 8.30. The smallest absolute Gasteiger partial charge is 0.399 e. The van der Waals surface area contributed by atoms with Crippen molar-refractivity contribution < 1.29 is 9.31 Å². The van der Waals surface area contributed by atoms with Crippen molar-refractivity contribution in [3.05, 3.63) is 47.7 Å². The molecule has 0 atom stereocenters. The zero-order valence-electron chi connectivity index (χ0n) is 14.2. The van der Waals surface area contributed by atoms with Gasteiger partial charge in [-0.2, -0.15) is 0 Å². The van der Waals surface area contributed by atoms with Crippen molar-refractivity contribution >= 4 is 12.6 Å². The number of aromatic nitrogens is 1. The molecule has 1 saturated heterocycles. The van der Waals surface area contributed by atoms with Crippen LogP contribution in [-0.2, 0) is 22.2 Å². The summed E-state index contributed by atoms with van der Waals surface area (Å²) < 4.78 is 12.3. The van der Waals surface area contributed by atoms with Crippen molar-refractivity contribution in [1.29, 1.82) is 0 Å². The van der Waals surface area contributed by atoms with E-state index in [2.05, 4.69) is 58.0 Å². The molecule has 0 bridgehead atoms. The molecule has 1 aromatic carbocycles. The van der Waals surface area contributed by atoms with Crippen LogP contribution in [0, 0.1) is 0 Å². The second-order valence-corrected chi connectivity index (χ2v) is 7.52. The highest BCUT2D eigenvalue weighted by Crippen LogP contribution is 2.37. The van der Waals surface area contributed by atoms with Gasteiger partial charge in [-0.3, -0.25) is 4.98 Å². The van der Waals surface area contributed by atoms with Crippen molar-refractivity contribution in [2.24, 2.45) is 0 Å². The van der Waals surface area contributed by atoms with E-state index >= 15 is 0 Å². The van der Waals surface area contributed by atoms with Crippen molar-refractivity contribution in [2.75, 3.05) is 0 Å². The quantitative estimate of drug-likeness (QED) is 0.759. The van der Waals surface area contributed by atoms with E-state index in [4.69, 9.17) is 14.3 Å². The molecule has 1 fully saturated rings. The van der Waals surface area contributed by atoms with Crippen LogP contribution in [0.4, 0.5) is 0 Å². The second-order valence-electron chi connectivity index (χ2n) is 7.52. The average molecular weight is 307 g/mol. The molecule has 118 valence electrons. The number of hydrogen-bond acceptors (Lipinski definition) is 3. The fourth-order valence-electron chi connectivity index (χ4n) is 3.31. The summed E-state index contributed by atoms with van der Waals surface area (Å²) in [4.78, 5) is 4.74. The molecule has 3 nitrogen and oxygen atoms in total. The first kappa shape index (κ1) is 14.9. The molecule has 1 aromatic heterocycles. The molecule has 0 unspecified atom stereocenters. The summed E-state index contributed by atoms with van der Waals surface area (Å²) in [7, 11) is -0.338. The van der Waals surface area contributed by atoms with Gasteiger partial charge in [-0.1, -0.05) is 30.3 Å². The number of rotatable bonds is 1. The molecule has 0 radical (unpaired) electrons. The van der Waals surface area contributed by atoms with E-state index < -0.39 is 0 Å². The number of benzene rings is 1. The fourth-order valence-corrected chi connectivity index (χ4v) is 3.31. The van der Waals surface area contributed by atoms with E-state index in [0.29, 0.717) is 0 Å². The van der Waals surface area contributed by atoms with E-state index in [1.165, 1.54) is 16.7 Å². The number of nitrogens with zero attached hydrogens (tertiary/aromatic N) is 1. The predicted molar refractivity (Wildman–Crippen MR) is 92.8 cm³/mol. The highest BCUT2D eigenvalue weighted by Gasteiger charge is 2.51. The summed E-state index contributed by atoms with van der Waals surface area (Å²) in [6.07, 6.45) is 3.99. The summed E-state index contributed by atoms with van der Waals surface area (Å²) in [6.45, 7) is 8.31. The fraction of sp³-hybridized carbons (Fsp3) is 0.421. The molecule has 2 aromatic rings. The first-order valence-electron chi connectivity index (χ1n) is 8.30. The Morgan fingerprint density at radius 1 is 0.957 bits per heavy atom. The van der Waals surface area contributed by atoms with Gasteiger partial charge in [0, 0.05) is 17.2 Å². The Labute approximate surface area is 138 Å². The molecule has 0 spiro atoms. The Balaban J connectivity index is 1.70. The van der Waals surface area contributed by atoms with Crippen molar-refractivity contribution in [2.45, 2.75) is 51.7 Å². The van der Waals surface area contributed by atoms with Crippen LogP contribution in [0.3, 0.4) is 0 Å². The molecule has 0 amide bonds. The summed E-state index contributed by atoms with van der Waals surface area (Å²) in [5, 5.41) is 0. The van der Waals surface area contributed by atoms with E-state index in [1.807, 2.05) is 6.20 Å². The van der Waals surface area contributed by atoms with Gasteiger partial charge in [0.15, 0.2) is 0 Å². The van der Waals surface area contributed by atoms with Crippen LogP contribution in [-0.4, -0.2) is 23.3 Å². The lowest BCUT2D eigenvalue weighted by molar-refractivity contribution is 0.00578. The van der Waals surface area contributed by atoms with E-state index in [9.17, 15) is 0 Å². The Hall–Kier alpha value is -1.65. The van der Waals surface area contributed by atoms with Crippen molar-refractivity contribution in [1.82, 2.24) is 4.98 Å². The van der Waals surface area contributed by atoms with Crippen LogP contribution in [0.2, 0.25) is 0 Å².